The van der Waals surface area contributed by atoms with Crippen LogP contribution in [0.4, 0.5) is 11.6 Å². The number of rotatable bonds is 7. The quantitative estimate of drug-likeness (QED) is 0.779. The summed E-state index contributed by atoms with van der Waals surface area (Å²) in [6.45, 7) is 11.8. The standard InChI is InChI=1S/C14H26N4/c1-6-11-13(15-8-3)16-9-17-14(11)18-12(7-2)10(4)5/h9-10,12H,6-8H2,1-5H3,(H2,15,16,17,18). The smallest absolute Gasteiger partial charge is 0.134 e. The Hall–Kier alpha value is -1.32. The van der Waals surface area contributed by atoms with E-state index in [1.807, 2.05) is 0 Å². The summed E-state index contributed by atoms with van der Waals surface area (Å²) in [5.41, 5.74) is 1.18. The monoisotopic (exact) mass is 250 g/mol. The molecule has 1 aromatic rings. The van der Waals surface area contributed by atoms with Gasteiger partial charge in [0, 0.05) is 18.2 Å². The van der Waals surface area contributed by atoms with Crippen molar-refractivity contribution in [3.05, 3.63) is 11.9 Å². The van der Waals surface area contributed by atoms with Gasteiger partial charge in [0.25, 0.3) is 0 Å². The Morgan fingerprint density at radius 3 is 2.28 bits per heavy atom. The zero-order valence-corrected chi connectivity index (χ0v) is 12.2. The molecule has 0 bridgehead atoms. The van der Waals surface area contributed by atoms with Gasteiger partial charge in [0.1, 0.15) is 18.0 Å². The second-order valence-corrected chi connectivity index (χ2v) is 4.84. The van der Waals surface area contributed by atoms with Crippen LogP contribution in [0.2, 0.25) is 0 Å². The van der Waals surface area contributed by atoms with Crippen molar-refractivity contribution in [2.45, 2.75) is 53.5 Å². The summed E-state index contributed by atoms with van der Waals surface area (Å²) in [4.78, 5) is 8.72. The van der Waals surface area contributed by atoms with Crippen molar-refractivity contribution in [2.24, 2.45) is 5.92 Å². The molecule has 0 radical (unpaired) electrons. The van der Waals surface area contributed by atoms with Gasteiger partial charge in [-0.3, -0.25) is 0 Å². The summed E-state index contributed by atoms with van der Waals surface area (Å²) >= 11 is 0. The van der Waals surface area contributed by atoms with Crippen LogP contribution in [0.15, 0.2) is 6.33 Å². The fraction of sp³-hybridized carbons (Fsp3) is 0.714. The molecule has 18 heavy (non-hydrogen) atoms. The molecule has 4 heteroatoms. The number of anilines is 2. The molecule has 102 valence electrons. The molecule has 0 aliphatic rings. The van der Waals surface area contributed by atoms with Crippen LogP contribution in [0.3, 0.4) is 0 Å². The van der Waals surface area contributed by atoms with E-state index in [9.17, 15) is 0 Å². The number of hydrogen-bond acceptors (Lipinski definition) is 4. The summed E-state index contributed by atoms with van der Waals surface area (Å²) in [5.74, 6) is 2.53. The van der Waals surface area contributed by atoms with Gasteiger partial charge in [0.15, 0.2) is 0 Å². The molecule has 2 N–H and O–H groups in total. The highest BCUT2D eigenvalue weighted by Crippen LogP contribution is 2.22. The molecule has 4 nitrogen and oxygen atoms in total. The molecular weight excluding hydrogens is 224 g/mol. The molecule has 0 saturated carbocycles. The molecule has 0 amide bonds. The summed E-state index contributed by atoms with van der Waals surface area (Å²) in [6, 6.07) is 0.458. The third-order valence-corrected chi connectivity index (χ3v) is 3.21. The topological polar surface area (TPSA) is 49.8 Å². The zero-order chi connectivity index (χ0) is 13.5. The lowest BCUT2D eigenvalue weighted by Crippen LogP contribution is -2.26. The van der Waals surface area contributed by atoms with Crippen LogP contribution >= 0.6 is 0 Å². The summed E-state index contributed by atoms with van der Waals surface area (Å²) < 4.78 is 0. The third-order valence-electron chi connectivity index (χ3n) is 3.21. The first-order valence-electron chi connectivity index (χ1n) is 6.98. The molecule has 0 spiro atoms. The number of aromatic nitrogens is 2. The van der Waals surface area contributed by atoms with E-state index in [0.717, 1.165) is 31.0 Å². The van der Waals surface area contributed by atoms with E-state index in [1.54, 1.807) is 6.33 Å². The zero-order valence-electron chi connectivity index (χ0n) is 12.2. The van der Waals surface area contributed by atoms with Crippen molar-refractivity contribution < 1.29 is 0 Å². The van der Waals surface area contributed by atoms with Crippen molar-refractivity contribution in [1.82, 2.24) is 9.97 Å². The summed E-state index contributed by atoms with van der Waals surface area (Å²) in [5, 5.41) is 6.85. The Bertz CT molecular complexity index is 363. The van der Waals surface area contributed by atoms with Crippen LogP contribution < -0.4 is 10.6 Å². The minimum absolute atomic E-state index is 0.458. The van der Waals surface area contributed by atoms with Gasteiger partial charge in [-0.15, -0.1) is 0 Å². The first-order chi connectivity index (χ1) is 8.63. The van der Waals surface area contributed by atoms with Crippen LogP contribution in [0.1, 0.15) is 46.6 Å². The number of nitrogens with zero attached hydrogens (tertiary/aromatic N) is 2. The van der Waals surface area contributed by atoms with E-state index in [1.165, 1.54) is 5.56 Å². The fourth-order valence-corrected chi connectivity index (χ4v) is 2.11. The molecule has 1 unspecified atom stereocenters. The first-order valence-corrected chi connectivity index (χ1v) is 6.98. The molecule has 1 rings (SSSR count). The second-order valence-electron chi connectivity index (χ2n) is 4.84. The van der Waals surface area contributed by atoms with Crippen molar-refractivity contribution in [1.29, 1.82) is 0 Å². The highest BCUT2D eigenvalue weighted by atomic mass is 15.1. The lowest BCUT2D eigenvalue weighted by molar-refractivity contribution is 0.509. The van der Waals surface area contributed by atoms with Gasteiger partial charge in [-0.05, 0) is 25.7 Å². The molecule has 1 heterocycles. The maximum absolute atomic E-state index is 4.40. The van der Waals surface area contributed by atoms with Crippen molar-refractivity contribution in [3.8, 4) is 0 Å². The number of hydrogen-bond donors (Lipinski definition) is 2. The predicted molar refractivity (Wildman–Crippen MR) is 78.1 cm³/mol. The average molecular weight is 250 g/mol. The Morgan fingerprint density at radius 1 is 1.11 bits per heavy atom. The van der Waals surface area contributed by atoms with E-state index in [4.69, 9.17) is 0 Å². The molecule has 0 aliphatic heterocycles. The minimum atomic E-state index is 0.458. The predicted octanol–water partition coefficient (Wildman–Crippen LogP) is 3.32. The molecule has 0 fully saturated rings. The fourth-order valence-electron chi connectivity index (χ4n) is 2.11. The van der Waals surface area contributed by atoms with Crippen LogP contribution in [-0.4, -0.2) is 22.6 Å². The van der Waals surface area contributed by atoms with Crippen LogP contribution in [-0.2, 0) is 6.42 Å². The van der Waals surface area contributed by atoms with Crippen LogP contribution in [0.25, 0.3) is 0 Å². The molecule has 0 aliphatic carbocycles. The maximum Gasteiger partial charge on any atom is 0.134 e. The normalized spacial score (nSPS) is 12.6. The summed E-state index contributed by atoms with van der Waals surface area (Å²) in [6.07, 6.45) is 3.66. The van der Waals surface area contributed by atoms with Crippen molar-refractivity contribution >= 4 is 11.6 Å². The van der Waals surface area contributed by atoms with E-state index < -0.39 is 0 Å². The molecule has 0 saturated heterocycles. The SMILES string of the molecule is CCNc1ncnc(NC(CC)C(C)C)c1CC. The van der Waals surface area contributed by atoms with Gasteiger partial charge in [-0.1, -0.05) is 27.7 Å². The van der Waals surface area contributed by atoms with Crippen molar-refractivity contribution in [2.75, 3.05) is 17.2 Å². The maximum atomic E-state index is 4.40. The Morgan fingerprint density at radius 2 is 1.78 bits per heavy atom. The third kappa shape index (κ3) is 3.59. The van der Waals surface area contributed by atoms with Gasteiger partial charge >= 0.3 is 0 Å². The van der Waals surface area contributed by atoms with Gasteiger partial charge in [-0.2, -0.15) is 0 Å². The van der Waals surface area contributed by atoms with E-state index in [-0.39, 0.29) is 0 Å². The van der Waals surface area contributed by atoms with Gasteiger partial charge in [-0.25, -0.2) is 9.97 Å². The van der Waals surface area contributed by atoms with Crippen LogP contribution in [0, 0.1) is 5.92 Å². The minimum Gasteiger partial charge on any atom is -0.370 e. The highest BCUT2D eigenvalue weighted by molar-refractivity contribution is 5.57. The van der Waals surface area contributed by atoms with Crippen LogP contribution in [0.5, 0.6) is 0 Å². The Kier molecular flexibility index (Phi) is 5.89. The Balaban J connectivity index is 2.97. The van der Waals surface area contributed by atoms with Gasteiger partial charge in [0.2, 0.25) is 0 Å². The Labute approximate surface area is 111 Å². The molecule has 0 aromatic carbocycles. The average Bonchev–Trinajstić information content (AvgIpc) is 2.36. The highest BCUT2D eigenvalue weighted by Gasteiger charge is 2.15. The first kappa shape index (κ1) is 14.7. The van der Waals surface area contributed by atoms with Gasteiger partial charge in [0.05, 0.1) is 0 Å². The van der Waals surface area contributed by atoms with E-state index in [2.05, 4.69) is 55.2 Å². The van der Waals surface area contributed by atoms with Gasteiger partial charge < -0.3 is 10.6 Å². The van der Waals surface area contributed by atoms with Crippen molar-refractivity contribution in [3.63, 3.8) is 0 Å². The molecular formula is C14H26N4. The lowest BCUT2D eigenvalue weighted by atomic mass is 10.0. The van der Waals surface area contributed by atoms with E-state index in [0.29, 0.717) is 12.0 Å². The largest absolute Gasteiger partial charge is 0.370 e. The summed E-state index contributed by atoms with van der Waals surface area (Å²) in [7, 11) is 0. The second kappa shape index (κ2) is 7.19. The van der Waals surface area contributed by atoms with E-state index >= 15 is 0 Å². The lowest BCUT2D eigenvalue weighted by Gasteiger charge is -2.23. The number of nitrogens with one attached hydrogen (secondary N) is 2. The molecule has 1 aromatic heterocycles. The molecule has 1 atom stereocenters.